The normalized spacial score (nSPS) is 14.0. The summed E-state index contributed by atoms with van der Waals surface area (Å²) in [6.07, 6.45) is 0.620. The van der Waals surface area contributed by atoms with Crippen molar-refractivity contribution < 1.29 is 9.18 Å². The van der Waals surface area contributed by atoms with Crippen molar-refractivity contribution in [1.82, 2.24) is 5.32 Å². The van der Waals surface area contributed by atoms with E-state index >= 15 is 0 Å². The Kier molecular flexibility index (Phi) is 3.64. The first kappa shape index (κ1) is 13.3. The lowest BCUT2D eigenvalue weighted by atomic mass is 10.2. The Balaban J connectivity index is 1.72. The molecule has 0 aliphatic carbocycles. The number of hydrazone groups is 1. The van der Waals surface area contributed by atoms with Gasteiger partial charge in [-0.1, -0.05) is 30.3 Å². The van der Waals surface area contributed by atoms with Gasteiger partial charge in [0.1, 0.15) is 11.7 Å². The molecule has 3 rings (SSSR count). The zero-order chi connectivity index (χ0) is 14.7. The molecule has 21 heavy (non-hydrogen) atoms. The van der Waals surface area contributed by atoms with Crippen molar-refractivity contribution in [2.24, 2.45) is 5.10 Å². The average molecular weight is 283 g/mol. The zero-order valence-corrected chi connectivity index (χ0v) is 11.3. The summed E-state index contributed by atoms with van der Waals surface area (Å²) >= 11 is 0. The Morgan fingerprint density at radius 3 is 2.57 bits per heavy atom. The first-order valence-corrected chi connectivity index (χ1v) is 6.70. The molecule has 2 aromatic rings. The fourth-order valence-electron chi connectivity index (χ4n) is 2.18. The Morgan fingerprint density at radius 1 is 1.10 bits per heavy atom. The van der Waals surface area contributed by atoms with Crippen LogP contribution in [0, 0.1) is 5.82 Å². The maximum Gasteiger partial charge on any atom is 0.259 e. The molecule has 0 spiro atoms. The van der Waals surface area contributed by atoms with Crippen molar-refractivity contribution in [3.05, 3.63) is 66.0 Å². The third-order valence-corrected chi connectivity index (χ3v) is 3.23. The van der Waals surface area contributed by atoms with Crippen molar-refractivity contribution in [2.75, 3.05) is 11.6 Å². The van der Waals surface area contributed by atoms with Gasteiger partial charge in [-0.2, -0.15) is 5.10 Å². The Bertz CT molecular complexity index is 685. The zero-order valence-electron chi connectivity index (χ0n) is 11.3. The molecule has 5 heteroatoms. The van der Waals surface area contributed by atoms with Crippen LogP contribution >= 0.6 is 0 Å². The number of hydrogen-bond donors (Lipinski definition) is 1. The van der Waals surface area contributed by atoms with E-state index in [9.17, 15) is 9.18 Å². The number of hydrogen-bond acceptors (Lipinski definition) is 3. The Hall–Kier alpha value is -2.69. The number of carbonyl (C=O) groups is 1. The van der Waals surface area contributed by atoms with Crippen LogP contribution in [0.15, 0.2) is 59.7 Å². The van der Waals surface area contributed by atoms with Gasteiger partial charge in [-0.25, -0.2) is 4.39 Å². The van der Waals surface area contributed by atoms with E-state index in [1.54, 1.807) is 12.1 Å². The molecule has 1 aliphatic rings. The highest BCUT2D eigenvalue weighted by molar-refractivity contribution is 6.07. The van der Waals surface area contributed by atoms with E-state index in [4.69, 9.17) is 0 Å². The molecule has 1 amide bonds. The summed E-state index contributed by atoms with van der Waals surface area (Å²) in [4.78, 5) is 12.0. The van der Waals surface area contributed by atoms with Gasteiger partial charge in [-0.3, -0.25) is 9.80 Å². The van der Waals surface area contributed by atoms with E-state index in [0.717, 1.165) is 5.69 Å². The summed E-state index contributed by atoms with van der Waals surface area (Å²) in [5.74, 6) is -0.456. The summed E-state index contributed by atoms with van der Waals surface area (Å²) in [7, 11) is 0. The smallest absolute Gasteiger partial charge is 0.259 e. The number of amides is 1. The van der Waals surface area contributed by atoms with Crippen LogP contribution < -0.4 is 10.3 Å². The Morgan fingerprint density at radius 2 is 1.81 bits per heavy atom. The fraction of sp³-hybridized carbons (Fsp3) is 0.125. The van der Waals surface area contributed by atoms with E-state index in [2.05, 4.69) is 10.4 Å². The van der Waals surface area contributed by atoms with Crippen LogP contribution in [-0.4, -0.2) is 18.3 Å². The van der Waals surface area contributed by atoms with E-state index < -0.39 is 11.7 Å². The predicted octanol–water partition coefficient (Wildman–Crippen LogP) is 2.78. The maximum atomic E-state index is 13.5. The molecular weight excluding hydrogens is 269 g/mol. The predicted molar refractivity (Wildman–Crippen MR) is 79.7 cm³/mol. The van der Waals surface area contributed by atoms with Crippen LogP contribution in [0.3, 0.4) is 0 Å². The van der Waals surface area contributed by atoms with E-state index in [0.29, 0.717) is 18.8 Å². The summed E-state index contributed by atoms with van der Waals surface area (Å²) < 4.78 is 13.5. The minimum Gasteiger partial charge on any atom is -0.308 e. The van der Waals surface area contributed by atoms with Crippen molar-refractivity contribution in [1.29, 1.82) is 0 Å². The van der Waals surface area contributed by atoms with E-state index in [1.807, 2.05) is 35.3 Å². The van der Waals surface area contributed by atoms with Gasteiger partial charge in [-0.05, 0) is 24.3 Å². The maximum absolute atomic E-state index is 13.5. The van der Waals surface area contributed by atoms with Crippen LogP contribution in [0.4, 0.5) is 10.1 Å². The van der Waals surface area contributed by atoms with Crippen molar-refractivity contribution in [2.45, 2.75) is 6.42 Å². The van der Waals surface area contributed by atoms with E-state index in [-0.39, 0.29) is 5.56 Å². The van der Waals surface area contributed by atoms with Crippen molar-refractivity contribution >= 4 is 17.4 Å². The summed E-state index contributed by atoms with van der Waals surface area (Å²) in [5, 5.41) is 8.83. The molecule has 4 nitrogen and oxygen atoms in total. The lowest BCUT2D eigenvalue weighted by Crippen LogP contribution is -2.30. The molecule has 0 unspecified atom stereocenters. The van der Waals surface area contributed by atoms with Gasteiger partial charge in [0.15, 0.2) is 0 Å². The second kappa shape index (κ2) is 5.75. The summed E-state index contributed by atoms with van der Waals surface area (Å²) in [6.45, 7) is 0.691. The van der Waals surface area contributed by atoms with Gasteiger partial charge in [0, 0.05) is 13.0 Å². The number of benzene rings is 2. The summed E-state index contributed by atoms with van der Waals surface area (Å²) in [5.41, 5.74) is 0.992. The van der Waals surface area contributed by atoms with Gasteiger partial charge in [0.25, 0.3) is 5.91 Å². The topological polar surface area (TPSA) is 44.7 Å². The molecule has 2 aromatic carbocycles. The average Bonchev–Trinajstić information content (AvgIpc) is 2.97. The van der Waals surface area contributed by atoms with Crippen LogP contribution in [0.1, 0.15) is 16.8 Å². The number of rotatable bonds is 2. The van der Waals surface area contributed by atoms with Crippen LogP contribution in [-0.2, 0) is 0 Å². The molecule has 0 fully saturated rings. The molecule has 106 valence electrons. The summed E-state index contributed by atoms with van der Waals surface area (Å²) in [6, 6.07) is 15.6. The lowest BCUT2D eigenvalue weighted by molar-refractivity contribution is 0.0972. The quantitative estimate of drug-likeness (QED) is 0.921. The standard InChI is InChI=1S/C16H14FN3O/c17-14-9-5-4-8-13(14)16(21)18-15-10-11-20(19-15)12-6-2-1-3-7-12/h1-9H,10-11H2,(H,18,19,21). The molecular formula is C16H14FN3O. The largest absolute Gasteiger partial charge is 0.308 e. The van der Waals surface area contributed by atoms with Crippen LogP contribution in [0.25, 0.3) is 0 Å². The Labute approximate surface area is 121 Å². The lowest BCUT2D eigenvalue weighted by Gasteiger charge is -2.12. The first-order valence-electron chi connectivity index (χ1n) is 6.70. The third-order valence-electron chi connectivity index (χ3n) is 3.23. The van der Waals surface area contributed by atoms with Gasteiger partial charge in [0.05, 0.1) is 11.3 Å². The second-order valence-corrected chi connectivity index (χ2v) is 4.69. The molecule has 1 N–H and O–H groups in total. The van der Waals surface area contributed by atoms with Crippen molar-refractivity contribution in [3.63, 3.8) is 0 Å². The molecule has 0 aromatic heterocycles. The second-order valence-electron chi connectivity index (χ2n) is 4.69. The minimum absolute atomic E-state index is 0.0263. The molecule has 1 heterocycles. The molecule has 0 radical (unpaired) electrons. The highest BCUT2D eigenvalue weighted by Crippen LogP contribution is 2.18. The fourth-order valence-corrected chi connectivity index (χ4v) is 2.18. The number of nitrogens with one attached hydrogen (secondary N) is 1. The number of nitrogens with zero attached hydrogens (tertiary/aromatic N) is 2. The van der Waals surface area contributed by atoms with Gasteiger partial charge < -0.3 is 5.32 Å². The monoisotopic (exact) mass is 283 g/mol. The highest BCUT2D eigenvalue weighted by Gasteiger charge is 2.19. The van der Waals surface area contributed by atoms with Crippen LogP contribution in [0.2, 0.25) is 0 Å². The number of carbonyl (C=O) groups excluding carboxylic acids is 1. The van der Waals surface area contributed by atoms with E-state index in [1.165, 1.54) is 12.1 Å². The van der Waals surface area contributed by atoms with Gasteiger partial charge in [0.2, 0.25) is 0 Å². The number of anilines is 1. The molecule has 0 saturated carbocycles. The van der Waals surface area contributed by atoms with Crippen LogP contribution in [0.5, 0.6) is 0 Å². The highest BCUT2D eigenvalue weighted by atomic mass is 19.1. The first-order chi connectivity index (χ1) is 10.2. The number of para-hydroxylation sites is 1. The van der Waals surface area contributed by atoms with Gasteiger partial charge in [-0.15, -0.1) is 0 Å². The molecule has 0 saturated heterocycles. The number of halogens is 1. The van der Waals surface area contributed by atoms with Crippen molar-refractivity contribution in [3.8, 4) is 0 Å². The SMILES string of the molecule is O=C(NC1=NN(c2ccccc2)CC1)c1ccccc1F. The minimum atomic E-state index is -0.534. The molecule has 0 atom stereocenters. The molecule has 0 bridgehead atoms. The third kappa shape index (κ3) is 2.91. The molecule has 1 aliphatic heterocycles. The van der Waals surface area contributed by atoms with Gasteiger partial charge >= 0.3 is 0 Å². The number of amidine groups is 1.